The van der Waals surface area contributed by atoms with Gasteiger partial charge in [-0.2, -0.15) is 0 Å². The molecule has 0 radical (unpaired) electrons. The number of rotatable bonds is 15. The van der Waals surface area contributed by atoms with Gasteiger partial charge < -0.3 is 4.43 Å². The van der Waals surface area contributed by atoms with Crippen molar-refractivity contribution >= 4 is 8.32 Å². The summed E-state index contributed by atoms with van der Waals surface area (Å²) in [6.07, 6.45) is 16.8. The summed E-state index contributed by atoms with van der Waals surface area (Å²) >= 11 is 0. The standard InChI is InChI=1S/C19H42OSi/c1-6-9-11-12-13-14-15-17-19(16-8-3)20-21(4,5)18-10-7-2/h19H,6-18H2,1-5H3. The molecule has 0 heterocycles. The van der Waals surface area contributed by atoms with Crippen LogP contribution in [0.25, 0.3) is 0 Å². The van der Waals surface area contributed by atoms with Crippen molar-refractivity contribution in [3.8, 4) is 0 Å². The molecule has 2 heteroatoms. The predicted octanol–water partition coefficient (Wildman–Crippen LogP) is 7.32. The first kappa shape index (κ1) is 21.2. The molecule has 128 valence electrons. The Bertz CT molecular complexity index is 216. The zero-order valence-electron chi connectivity index (χ0n) is 15.7. The molecule has 0 amide bonds. The van der Waals surface area contributed by atoms with Gasteiger partial charge in [-0.05, 0) is 32.0 Å². The van der Waals surface area contributed by atoms with Gasteiger partial charge >= 0.3 is 0 Å². The molecule has 0 aromatic carbocycles. The van der Waals surface area contributed by atoms with Gasteiger partial charge in [-0.15, -0.1) is 0 Å². The summed E-state index contributed by atoms with van der Waals surface area (Å²) in [6.45, 7) is 11.7. The smallest absolute Gasteiger partial charge is 0.187 e. The number of unbranched alkanes of at least 4 members (excludes halogenated alkanes) is 7. The maximum Gasteiger partial charge on any atom is 0.187 e. The SMILES string of the molecule is CCCCCCCCCC(CCC)O[Si](C)(C)CCCC. The largest absolute Gasteiger partial charge is 0.414 e. The van der Waals surface area contributed by atoms with Gasteiger partial charge in [0.25, 0.3) is 0 Å². The summed E-state index contributed by atoms with van der Waals surface area (Å²) in [4.78, 5) is 0. The van der Waals surface area contributed by atoms with Crippen LogP contribution in [0, 0.1) is 0 Å². The first-order valence-electron chi connectivity index (χ1n) is 9.73. The summed E-state index contributed by atoms with van der Waals surface area (Å²) in [6, 6.07) is 1.33. The molecule has 0 spiro atoms. The molecule has 1 unspecified atom stereocenters. The molecule has 21 heavy (non-hydrogen) atoms. The van der Waals surface area contributed by atoms with Crippen molar-refractivity contribution in [1.82, 2.24) is 0 Å². The van der Waals surface area contributed by atoms with E-state index in [0.717, 1.165) is 0 Å². The van der Waals surface area contributed by atoms with Gasteiger partial charge in [-0.3, -0.25) is 0 Å². The van der Waals surface area contributed by atoms with Crippen molar-refractivity contribution in [1.29, 1.82) is 0 Å². The summed E-state index contributed by atoms with van der Waals surface area (Å²) in [5, 5.41) is 0. The Balaban J connectivity index is 3.85. The minimum absolute atomic E-state index is 0.546. The zero-order chi connectivity index (χ0) is 16.0. The van der Waals surface area contributed by atoms with E-state index in [1.54, 1.807) is 0 Å². The van der Waals surface area contributed by atoms with Crippen molar-refractivity contribution in [3.63, 3.8) is 0 Å². The van der Waals surface area contributed by atoms with Crippen LogP contribution in [0.15, 0.2) is 0 Å². The molecule has 0 bridgehead atoms. The van der Waals surface area contributed by atoms with Gasteiger partial charge in [0.15, 0.2) is 8.32 Å². The Morgan fingerprint density at radius 1 is 0.667 bits per heavy atom. The second kappa shape index (κ2) is 13.8. The van der Waals surface area contributed by atoms with E-state index in [4.69, 9.17) is 4.43 Å². The molecule has 0 saturated carbocycles. The number of hydrogen-bond donors (Lipinski definition) is 0. The molecule has 0 N–H and O–H groups in total. The third-order valence-corrected chi connectivity index (χ3v) is 6.89. The minimum atomic E-state index is -1.41. The zero-order valence-corrected chi connectivity index (χ0v) is 16.7. The lowest BCUT2D eigenvalue weighted by Gasteiger charge is -2.29. The summed E-state index contributed by atoms with van der Waals surface area (Å²) < 4.78 is 6.56. The quantitative estimate of drug-likeness (QED) is 0.227. The van der Waals surface area contributed by atoms with Crippen LogP contribution in [0.4, 0.5) is 0 Å². The van der Waals surface area contributed by atoms with Gasteiger partial charge in [0.1, 0.15) is 0 Å². The molecule has 0 rings (SSSR count). The van der Waals surface area contributed by atoms with Crippen LogP contribution in [0.5, 0.6) is 0 Å². The highest BCUT2D eigenvalue weighted by molar-refractivity contribution is 6.71. The van der Waals surface area contributed by atoms with E-state index in [0.29, 0.717) is 6.10 Å². The molecule has 1 nitrogen and oxygen atoms in total. The first-order valence-corrected chi connectivity index (χ1v) is 12.8. The molecular weight excluding hydrogens is 272 g/mol. The van der Waals surface area contributed by atoms with Gasteiger partial charge in [-0.25, -0.2) is 0 Å². The van der Waals surface area contributed by atoms with Crippen LogP contribution in [0.3, 0.4) is 0 Å². The second-order valence-corrected chi connectivity index (χ2v) is 11.6. The van der Waals surface area contributed by atoms with Crippen molar-refractivity contribution in [2.24, 2.45) is 0 Å². The maximum absolute atomic E-state index is 6.56. The predicted molar refractivity (Wildman–Crippen MR) is 99.6 cm³/mol. The van der Waals surface area contributed by atoms with Crippen LogP contribution < -0.4 is 0 Å². The Labute approximate surface area is 136 Å². The monoisotopic (exact) mass is 314 g/mol. The van der Waals surface area contributed by atoms with E-state index in [9.17, 15) is 0 Å². The van der Waals surface area contributed by atoms with E-state index < -0.39 is 8.32 Å². The topological polar surface area (TPSA) is 9.23 Å². The third-order valence-electron chi connectivity index (χ3n) is 4.36. The lowest BCUT2D eigenvalue weighted by Crippen LogP contribution is -2.35. The van der Waals surface area contributed by atoms with Crippen LogP contribution >= 0.6 is 0 Å². The highest BCUT2D eigenvalue weighted by Crippen LogP contribution is 2.22. The fourth-order valence-electron chi connectivity index (χ4n) is 3.03. The molecule has 0 aliphatic heterocycles. The molecule has 0 saturated heterocycles. The second-order valence-electron chi connectivity index (χ2n) is 7.30. The molecule has 0 aromatic rings. The van der Waals surface area contributed by atoms with Gasteiger partial charge in [0.05, 0.1) is 0 Å². The van der Waals surface area contributed by atoms with E-state index >= 15 is 0 Å². The average Bonchev–Trinajstić information content (AvgIpc) is 2.44. The van der Waals surface area contributed by atoms with E-state index in [1.165, 1.54) is 83.1 Å². The van der Waals surface area contributed by atoms with Gasteiger partial charge in [0.2, 0.25) is 0 Å². The molecule has 0 aliphatic rings. The van der Waals surface area contributed by atoms with E-state index in [1.807, 2.05) is 0 Å². The Morgan fingerprint density at radius 2 is 1.24 bits per heavy atom. The first-order chi connectivity index (χ1) is 10.1. The minimum Gasteiger partial charge on any atom is -0.414 e. The Morgan fingerprint density at radius 3 is 1.81 bits per heavy atom. The summed E-state index contributed by atoms with van der Waals surface area (Å²) in [7, 11) is -1.41. The highest BCUT2D eigenvalue weighted by atomic mass is 28.4. The Kier molecular flexibility index (Phi) is 13.9. The van der Waals surface area contributed by atoms with Crippen LogP contribution in [-0.4, -0.2) is 14.4 Å². The summed E-state index contributed by atoms with van der Waals surface area (Å²) in [5.41, 5.74) is 0. The van der Waals surface area contributed by atoms with E-state index in [2.05, 4.69) is 33.9 Å². The van der Waals surface area contributed by atoms with Gasteiger partial charge in [0, 0.05) is 6.10 Å². The summed E-state index contributed by atoms with van der Waals surface area (Å²) in [5.74, 6) is 0. The normalized spacial score (nSPS) is 13.6. The van der Waals surface area contributed by atoms with Crippen molar-refractivity contribution in [2.45, 2.75) is 123 Å². The lowest BCUT2D eigenvalue weighted by atomic mass is 10.0. The molecule has 0 fully saturated rings. The highest BCUT2D eigenvalue weighted by Gasteiger charge is 2.25. The molecule has 0 aliphatic carbocycles. The number of hydrogen-bond acceptors (Lipinski definition) is 1. The molecular formula is C19H42OSi. The van der Waals surface area contributed by atoms with Crippen molar-refractivity contribution < 1.29 is 4.43 Å². The van der Waals surface area contributed by atoms with Crippen LogP contribution in [-0.2, 0) is 4.43 Å². The molecule has 1 atom stereocenters. The van der Waals surface area contributed by atoms with Crippen LogP contribution in [0.2, 0.25) is 19.1 Å². The fourth-order valence-corrected chi connectivity index (χ4v) is 5.49. The van der Waals surface area contributed by atoms with Crippen molar-refractivity contribution in [2.75, 3.05) is 0 Å². The van der Waals surface area contributed by atoms with Crippen LogP contribution in [0.1, 0.15) is 97.8 Å². The van der Waals surface area contributed by atoms with E-state index in [-0.39, 0.29) is 0 Å². The third kappa shape index (κ3) is 13.6. The average molecular weight is 315 g/mol. The van der Waals surface area contributed by atoms with Gasteiger partial charge in [-0.1, -0.05) is 85.0 Å². The molecule has 0 aromatic heterocycles. The maximum atomic E-state index is 6.56. The fraction of sp³-hybridized carbons (Fsp3) is 1.00. The van der Waals surface area contributed by atoms with Crippen molar-refractivity contribution in [3.05, 3.63) is 0 Å². The Hall–Kier alpha value is 0.177. The lowest BCUT2D eigenvalue weighted by molar-refractivity contribution is 0.165.